The Bertz CT molecular complexity index is 680. The third-order valence-corrected chi connectivity index (χ3v) is 3.84. The summed E-state index contributed by atoms with van der Waals surface area (Å²) < 4.78 is 16.6. The molecule has 24 heavy (non-hydrogen) atoms. The summed E-state index contributed by atoms with van der Waals surface area (Å²) in [5.74, 6) is 2.01. The number of phenolic OH excluding ortho intramolecular Hbond substituents is 1. The minimum absolute atomic E-state index is 0.00274. The van der Waals surface area contributed by atoms with Crippen LogP contribution in [0.25, 0.3) is 0 Å². The Morgan fingerprint density at radius 3 is 1.96 bits per heavy atom. The Morgan fingerprint density at radius 2 is 1.33 bits per heavy atom. The highest BCUT2D eigenvalue weighted by molar-refractivity contribution is 5.55. The van der Waals surface area contributed by atoms with E-state index >= 15 is 0 Å². The van der Waals surface area contributed by atoms with Gasteiger partial charge in [0.05, 0.1) is 14.2 Å². The molecule has 0 aliphatic rings. The fourth-order valence-electron chi connectivity index (χ4n) is 2.66. The molecule has 1 N–H and O–H groups in total. The van der Waals surface area contributed by atoms with Crippen LogP contribution in [0.4, 0.5) is 0 Å². The van der Waals surface area contributed by atoms with E-state index in [1.165, 1.54) is 12.7 Å². The van der Waals surface area contributed by atoms with E-state index in [0.717, 1.165) is 31.2 Å². The van der Waals surface area contributed by atoms with Crippen LogP contribution < -0.4 is 14.2 Å². The van der Waals surface area contributed by atoms with Crippen LogP contribution in [-0.2, 0) is 12.8 Å². The fraction of sp³-hybridized carbons (Fsp3) is 0.400. The van der Waals surface area contributed by atoms with E-state index in [1.54, 1.807) is 7.11 Å². The maximum absolute atomic E-state index is 10.4. The SMILES string of the molecule is CCCc1ccc(Oc2cc(CCC)cc(OC)c2O)c(OC)c1. The second-order valence-corrected chi connectivity index (χ2v) is 5.73. The average molecular weight is 330 g/mol. The average Bonchev–Trinajstić information content (AvgIpc) is 2.59. The zero-order chi connectivity index (χ0) is 17.5. The fourth-order valence-corrected chi connectivity index (χ4v) is 2.66. The summed E-state index contributed by atoms with van der Waals surface area (Å²) in [6, 6.07) is 9.56. The van der Waals surface area contributed by atoms with Crippen LogP contribution in [0.5, 0.6) is 28.7 Å². The van der Waals surface area contributed by atoms with Gasteiger partial charge in [-0.3, -0.25) is 0 Å². The molecule has 0 bridgehead atoms. The number of hydrogen-bond donors (Lipinski definition) is 1. The Balaban J connectivity index is 2.37. The molecule has 0 aliphatic carbocycles. The minimum Gasteiger partial charge on any atom is -0.502 e. The summed E-state index contributed by atoms with van der Waals surface area (Å²) in [6.45, 7) is 4.25. The van der Waals surface area contributed by atoms with Crippen LogP contribution in [0.1, 0.15) is 37.8 Å². The molecule has 0 aliphatic heterocycles. The van der Waals surface area contributed by atoms with E-state index in [-0.39, 0.29) is 5.75 Å². The van der Waals surface area contributed by atoms with Crippen molar-refractivity contribution in [1.82, 2.24) is 0 Å². The van der Waals surface area contributed by atoms with Crippen molar-refractivity contribution in [2.75, 3.05) is 14.2 Å². The van der Waals surface area contributed by atoms with Gasteiger partial charge in [0, 0.05) is 0 Å². The molecule has 0 radical (unpaired) electrons. The van der Waals surface area contributed by atoms with Crippen LogP contribution in [0.2, 0.25) is 0 Å². The lowest BCUT2D eigenvalue weighted by Gasteiger charge is -2.15. The van der Waals surface area contributed by atoms with Crippen molar-refractivity contribution in [1.29, 1.82) is 0 Å². The predicted molar refractivity (Wildman–Crippen MR) is 95.7 cm³/mol. The molecule has 0 unspecified atom stereocenters. The lowest BCUT2D eigenvalue weighted by atomic mass is 10.1. The van der Waals surface area contributed by atoms with Crippen LogP contribution >= 0.6 is 0 Å². The van der Waals surface area contributed by atoms with Crippen LogP contribution in [0.3, 0.4) is 0 Å². The van der Waals surface area contributed by atoms with Crippen molar-refractivity contribution < 1.29 is 19.3 Å². The number of aromatic hydroxyl groups is 1. The molecule has 0 aromatic heterocycles. The maximum Gasteiger partial charge on any atom is 0.201 e. The Kier molecular flexibility index (Phi) is 6.36. The zero-order valence-electron chi connectivity index (χ0n) is 14.9. The monoisotopic (exact) mass is 330 g/mol. The van der Waals surface area contributed by atoms with Gasteiger partial charge in [0.1, 0.15) is 0 Å². The quantitative estimate of drug-likeness (QED) is 0.731. The standard InChI is InChI=1S/C20H26O4/c1-5-7-14-9-10-16(17(11-14)22-3)24-19-13-15(8-6-2)12-18(23-4)20(19)21/h9-13,21H,5-8H2,1-4H3. The van der Waals surface area contributed by atoms with Gasteiger partial charge in [-0.25, -0.2) is 0 Å². The lowest BCUT2D eigenvalue weighted by molar-refractivity contribution is 0.343. The highest BCUT2D eigenvalue weighted by atomic mass is 16.5. The molecule has 130 valence electrons. The summed E-state index contributed by atoms with van der Waals surface area (Å²) >= 11 is 0. The second kappa shape index (κ2) is 8.48. The van der Waals surface area contributed by atoms with E-state index in [2.05, 4.69) is 13.8 Å². The van der Waals surface area contributed by atoms with Gasteiger partial charge in [0.25, 0.3) is 0 Å². The third kappa shape index (κ3) is 4.13. The van der Waals surface area contributed by atoms with E-state index in [4.69, 9.17) is 14.2 Å². The largest absolute Gasteiger partial charge is 0.502 e. The lowest BCUT2D eigenvalue weighted by Crippen LogP contribution is -1.95. The molecule has 0 saturated heterocycles. The number of aryl methyl sites for hydroxylation is 2. The van der Waals surface area contributed by atoms with E-state index in [9.17, 15) is 5.11 Å². The van der Waals surface area contributed by atoms with Gasteiger partial charge in [-0.05, 0) is 48.2 Å². The molecule has 0 saturated carbocycles. The highest BCUT2D eigenvalue weighted by Crippen LogP contribution is 2.42. The smallest absolute Gasteiger partial charge is 0.201 e. The molecule has 4 nitrogen and oxygen atoms in total. The number of rotatable bonds is 8. The summed E-state index contributed by atoms with van der Waals surface area (Å²) in [5.41, 5.74) is 2.26. The zero-order valence-corrected chi connectivity index (χ0v) is 14.9. The van der Waals surface area contributed by atoms with Gasteiger partial charge in [0.15, 0.2) is 23.0 Å². The molecule has 2 rings (SSSR count). The Morgan fingerprint density at radius 1 is 0.750 bits per heavy atom. The van der Waals surface area contributed by atoms with Crippen molar-refractivity contribution in [3.63, 3.8) is 0 Å². The molecule has 2 aromatic rings. The number of ether oxygens (including phenoxy) is 3. The molecule has 0 fully saturated rings. The molecule has 0 atom stereocenters. The molecule has 0 amide bonds. The number of methoxy groups -OCH3 is 2. The first-order valence-corrected chi connectivity index (χ1v) is 8.37. The molecular formula is C20H26O4. The first-order valence-electron chi connectivity index (χ1n) is 8.37. The van der Waals surface area contributed by atoms with Crippen molar-refractivity contribution in [3.05, 3.63) is 41.5 Å². The van der Waals surface area contributed by atoms with E-state index in [0.29, 0.717) is 23.0 Å². The molecule has 4 heteroatoms. The minimum atomic E-state index is -0.00274. The van der Waals surface area contributed by atoms with Gasteiger partial charge >= 0.3 is 0 Å². The maximum atomic E-state index is 10.4. The van der Waals surface area contributed by atoms with Crippen LogP contribution in [-0.4, -0.2) is 19.3 Å². The van der Waals surface area contributed by atoms with Crippen molar-refractivity contribution in [3.8, 4) is 28.7 Å². The number of benzene rings is 2. The van der Waals surface area contributed by atoms with Gasteiger partial charge in [0.2, 0.25) is 5.75 Å². The predicted octanol–water partition coefficient (Wildman–Crippen LogP) is 5.11. The highest BCUT2D eigenvalue weighted by Gasteiger charge is 2.15. The van der Waals surface area contributed by atoms with Crippen molar-refractivity contribution in [2.24, 2.45) is 0 Å². The second-order valence-electron chi connectivity index (χ2n) is 5.73. The Labute approximate surface area is 144 Å². The van der Waals surface area contributed by atoms with Crippen LogP contribution in [0.15, 0.2) is 30.3 Å². The molecular weight excluding hydrogens is 304 g/mol. The summed E-state index contributed by atoms with van der Waals surface area (Å²) in [6.07, 6.45) is 3.95. The molecule has 2 aromatic carbocycles. The van der Waals surface area contributed by atoms with Gasteiger partial charge in [-0.1, -0.05) is 32.8 Å². The number of hydrogen-bond acceptors (Lipinski definition) is 4. The molecule has 0 heterocycles. The first-order chi connectivity index (χ1) is 11.6. The van der Waals surface area contributed by atoms with E-state index < -0.39 is 0 Å². The van der Waals surface area contributed by atoms with Crippen molar-refractivity contribution in [2.45, 2.75) is 39.5 Å². The van der Waals surface area contributed by atoms with Crippen molar-refractivity contribution >= 4 is 0 Å². The summed E-state index contributed by atoms with van der Waals surface area (Å²) in [4.78, 5) is 0. The number of phenols is 1. The first kappa shape index (κ1) is 18.0. The van der Waals surface area contributed by atoms with Crippen LogP contribution in [0, 0.1) is 0 Å². The van der Waals surface area contributed by atoms with Gasteiger partial charge in [-0.15, -0.1) is 0 Å². The Hall–Kier alpha value is -2.36. The van der Waals surface area contributed by atoms with Gasteiger partial charge < -0.3 is 19.3 Å². The third-order valence-electron chi connectivity index (χ3n) is 3.84. The van der Waals surface area contributed by atoms with Gasteiger partial charge in [-0.2, -0.15) is 0 Å². The molecule has 0 spiro atoms. The van der Waals surface area contributed by atoms with E-state index in [1.807, 2.05) is 30.3 Å². The topological polar surface area (TPSA) is 47.9 Å². The summed E-state index contributed by atoms with van der Waals surface area (Å²) in [5, 5.41) is 10.4. The summed E-state index contributed by atoms with van der Waals surface area (Å²) in [7, 11) is 3.15. The normalized spacial score (nSPS) is 10.5.